The normalized spacial score (nSPS) is 26.6. The number of nitrogens with one attached hydrogen (secondary N) is 1. The van der Waals surface area contributed by atoms with Crippen LogP contribution in [0.1, 0.15) is 58.8 Å². The van der Waals surface area contributed by atoms with Crippen LogP contribution in [0.4, 0.5) is 0 Å². The third-order valence-electron chi connectivity index (χ3n) is 4.72. The average Bonchev–Trinajstić information content (AvgIpc) is 2.29. The van der Waals surface area contributed by atoms with Crippen molar-refractivity contribution in [3.05, 3.63) is 0 Å². The molecule has 0 aliphatic carbocycles. The highest BCUT2D eigenvalue weighted by Crippen LogP contribution is 2.40. The summed E-state index contributed by atoms with van der Waals surface area (Å²) in [6.45, 7) is 8.56. The van der Waals surface area contributed by atoms with Crippen molar-refractivity contribution in [2.45, 2.75) is 70.4 Å². The van der Waals surface area contributed by atoms with Crippen LogP contribution in [-0.4, -0.2) is 36.1 Å². The zero-order valence-electron chi connectivity index (χ0n) is 11.1. The molecule has 1 N–H and O–H groups in total. The Balaban J connectivity index is 1.79. The Bertz CT molecular complexity index is 209. The highest BCUT2D eigenvalue weighted by atomic mass is 15.3. The first-order valence-corrected chi connectivity index (χ1v) is 7.26. The summed E-state index contributed by atoms with van der Waals surface area (Å²) in [5.74, 6) is 0. The van der Waals surface area contributed by atoms with Crippen LogP contribution in [-0.2, 0) is 0 Å². The van der Waals surface area contributed by atoms with Crippen LogP contribution in [0.25, 0.3) is 0 Å². The first-order chi connectivity index (χ1) is 7.78. The van der Waals surface area contributed by atoms with Crippen LogP contribution in [0.15, 0.2) is 0 Å². The fraction of sp³-hybridized carbons (Fsp3) is 1.00. The Labute approximate surface area is 101 Å². The summed E-state index contributed by atoms with van der Waals surface area (Å²) in [4.78, 5) is 2.81. The maximum atomic E-state index is 3.49. The Morgan fingerprint density at radius 3 is 2.50 bits per heavy atom. The second-order valence-corrected chi connectivity index (χ2v) is 5.76. The molecule has 94 valence electrons. The van der Waals surface area contributed by atoms with Crippen LogP contribution in [0.2, 0.25) is 0 Å². The molecule has 2 aliphatic heterocycles. The smallest absolute Gasteiger partial charge is 0.0248 e. The number of piperidine rings is 1. The molecule has 0 saturated carbocycles. The lowest BCUT2D eigenvalue weighted by atomic mass is 9.75. The van der Waals surface area contributed by atoms with E-state index in [4.69, 9.17) is 0 Å². The lowest BCUT2D eigenvalue weighted by Gasteiger charge is -2.58. The maximum Gasteiger partial charge on any atom is 0.0248 e. The van der Waals surface area contributed by atoms with E-state index in [1.54, 1.807) is 0 Å². The van der Waals surface area contributed by atoms with Gasteiger partial charge in [-0.1, -0.05) is 26.2 Å². The number of rotatable bonds is 5. The van der Waals surface area contributed by atoms with Gasteiger partial charge in [-0.2, -0.15) is 0 Å². The van der Waals surface area contributed by atoms with Crippen molar-refractivity contribution >= 4 is 0 Å². The summed E-state index contributed by atoms with van der Waals surface area (Å²) in [7, 11) is 0. The molecule has 2 heterocycles. The van der Waals surface area contributed by atoms with Gasteiger partial charge in [0.1, 0.15) is 0 Å². The van der Waals surface area contributed by atoms with Gasteiger partial charge in [0, 0.05) is 18.1 Å². The molecule has 0 aromatic heterocycles. The van der Waals surface area contributed by atoms with Crippen LogP contribution < -0.4 is 5.32 Å². The summed E-state index contributed by atoms with van der Waals surface area (Å²) in [5, 5.41) is 3.49. The summed E-state index contributed by atoms with van der Waals surface area (Å²) in [5.41, 5.74) is 0.608. The molecule has 2 saturated heterocycles. The standard InChI is InChI=1S/C14H28N2/c1-3-4-5-6-13(2)16-12-9-14(16)7-10-15-11-8-14/h13,15H,3-12H2,1-2H3. The number of nitrogens with zero attached hydrogens (tertiary/aromatic N) is 1. The lowest BCUT2D eigenvalue weighted by Crippen LogP contribution is -2.66. The van der Waals surface area contributed by atoms with Crippen molar-refractivity contribution < 1.29 is 0 Å². The first-order valence-electron chi connectivity index (χ1n) is 7.26. The zero-order chi connectivity index (χ0) is 11.4. The molecule has 2 nitrogen and oxygen atoms in total. The molecule has 1 atom stereocenters. The van der Waals surface area contributed by atoms with E-state index in [2.05, 4.69) is 24.1 Å². The Kier molecular flexibility index (Phi) is 4.26. The van der Waals surface area contributed by atoms with E-state index < -0.39 is 0 Å². The zero-order valence-corrected chi connectivity index (χ0v) is 11.1. The van der Waals surface area contributed by atoms with Gasteiger partial charge in [0.15, 0.2) is 0 Å². The van der Waals surface area contributed by atoms with E-state index in [-0.39, 0.29) is 0 Å². The van der Waals surface area contributed by atoms with Gasteiger partial charge in [-0.05, 0) is 45.7 Å². The molecule has 0 radical (unpaired) electrons. The highest BCUT2D eigenvalue weighted by molar-refractivity contribution is 5.03. The van der Waals surface area contributed by atoms with E-state index in [1.165, 1.54) is 64.6 Å². The van der Waals surface area contributed by atoms with Gasteiger partial charge in [0.2, 0.25) is 0 Å². The second kappa shape index (κ2) is 5.50. The van der Waals surface area contributed by atoms with Crippen LogP contribution in [0.3, 0.4) is 0 Å². The molecule has 0 aromatic carbocycles. The molecule has 2 fully saturated rings. The van der Waals surface area contributed by atoms with Crippen molar-refractivity contribution in [3.8, 4) is 0 Å². The molecule has 1 unspecified atom stereocenters. The average molecular weight is 224 g/mol. The summed E-state index contributed by atoms with van der Waals surface area (Å²) >= 11 is 0. The van der Waals surface area contributed by atoms with E-state index in [0.29, 0.717) is 5.54 Å². The topological polar surface area (TPSA) is 15.3 Å². The SMILES string of the molecule is CCCCCC(C)N1CCC12CCNCC2. The minimum absolute atomic E-state index is 0.608. The van der Waals surface area contributed by atoms with Crippen molar-refractivity contribution in [1.82, 2.24) is 10.2 Å². The first kappa shape index (κ1) is 12.4. The number of unbranched alkanes of at least 4 members (excludes halogenated alkanes) is 2. The molecule has 16 heavy (non-hydrogen) atoms. The minimum atomic E-state index is 0.608. The fourth-order valence-electron chi connectivity index (χ4n) is 3.52. The third-order valence-corrected chi connectivity index (χ3v) is 4.72. The van der Waals surface area contributed by atoms with Crippen molar-refractivity contribution in [3.63, 3.8) is 0 Å². The number of hydrogen-bond acceptors (Lipinski definition) is 2. The number of likely N-dealkylation sites (tertiary alicyclic amines) is 1. The molecule has 2 heteroatoms. The van der Waals surface area contributed by atoms with E-state index >= 15 is 0 Å². The van der Waals surface area contributed by atoms with E-state index in [1.807, 2.05) is 0 Å². The molecule has 2 aliphatic rings. The Morgan fingerprint density at radius 1 is 1.19 bits per heavy atom. The molecule has 0 amide bonds. The van der Waals surface area contributed by atoms with Gasteiger partial charge >= 0.3 is 0 Å². The van der Waals surface area contributed by atoms with Gasteiger partial charge < -0.3 is 5.32 Å². The van der Waals surface area contributed by atoms with Crippen molar-refractivity contribution in [2.75, 3.05) is 19.6 Å². The fourth-order valence-corrected chi connectivity index (χ4v) is 3.52. The van der Waals surface area contributed by atoms with Crippen LogP contribution >= 0.6 is 0 Å². The van der Waals surface area contributed by atoms with Crippen molar-refractivity contribution in [2.24, 2.45) is 0 Å². The summed E-state index contributed by atoms with van der Waals surface area (Å²) in [6.07, 6.45) is 9.79. The predicted molar refractivity (Wildman–Crippen MR) is 69.8 cm³/mol. The van der Waals surface area contributed by atoms with Crippen LogP contribution in [0, 0.1) is 0 Å². The molecule has 0 bridgehead atoms. The van der Waals surface area contributed by atoms with Gasteiger partial charge in [-0.15, -0.1) is 0 Å². The maximum absolute atomic E-state index is 3.49. The minimum Gasteiger partial charge on any atom is -0.317 e. The summed E-state index contributed by atoms with van der Waals surface area (Å²) in [6, 6.07) is 0.818. The van der Waals surface area contributed by atoms with E-state index in [0.717, 1.165) is 6.04 Å². The Morgan fingerprint density at radius 2 is 1.94 bits per heavy atom. The summed E-state index contributed by atoms with van der Waals surface area (Å²) < 4.78 is 0. The van der Waals surface area contributed by atoms with Gasteiger partial charge in [0.05, 0.1) is 0 Å². The van der Waals surface area contributed by atoms with Crippen molar-refractivity contribution in [1.29, 1.82) is 0 Å². The quantitative estimate of drug-likeness (QED) is 0.722. The Hall–Kier alpha value is -0.0800. The monoisotopic (exact) mass is 224 g/mol. The molecule has 1 spiro atoms. The molecular formula is C14H28N2. The molecule has 2 rings (SSSR count). The van der Waals surface area contributed by atoms with Gasteiger partial charge in [-0.25, -0.2) is 0 Å². The van der Waals surface area contributed by atoms with Gasteiger partial charge in [-0.3, -0.25) is 4.90 Å². The highest BCUT2D eigenvalue weighted by Gasteiger charge is 2.46. The molecular weight excluding hydrogens is 196 g/mol. The largest absolute Gasteiger partial charge is 0.317 e. The van der Waals surface area contributed by atoms with E-state index in [9.17, 15) is 0 Å². The third kappa shape index (κ3) is 2.43. The number of hydrogen-bond donors (Lipinski definition) is 1. The lowest BCUT2D eigenvalue weighted by molar-refractivity contribution is -0.0668. The van der Waals surface area contributed by atoms with Gasteiger partial charge in [0.25, 0.3) is 0 Å². The predicted octanol–water partition coefficient (Wildman–Crippen LogP) is 2.78. The molecule has 0 aromatic rings. The second-order valence-electron chi connectivity index (χ2n) is 5.76. The van der Waals surface area contributed by atoms with Crippen LogP contribution in [0.5, 0.6) is 0 Å².